The van der Waals surface area contributed by atoms with Gasteiger partial charge < -0.3 is 45.1 Å². The number of hydrogen-bond donors (Lipinski definition) is 6. The highest BCUT2D eigenvalue weighted by atomic mass is 16.7. The molecule has 0 spiro atoms. The third-order valence-corrected chi connectivity index (χ3v) is 16.5. The summed E-state index contributed by atoms with van der Waals surface area (Å²) in [6, 6.07) is -0.830. The Hall–Kier alpha value is -2.90. The summed E-state index contributed by atoms with van der Waals surface area (Å²) in [7, 11) is 0. The van der Waals surface area contributed by atoms with Crippen molar-refractivity contribution >= 4 is 11.9 Å². The first-order valence-corrected chi connectivity index (χ1v) is 35.7. The minimum atomic E-state index is -1.58. The van der Waals surface area contributed by atoms with E-state index in [1.54, 1.807) is 6.08 Å². The number of nitrogens with one attached hydrogen (secondary N) is 1. The molecule has 6 N–H and O–H groups in total. The Bertz CT molecular complexity index is 1640. The number of rotatable bonds is 62. The Labute approximate surface area is 521 Å². The van der Waals surface area contributed by atoms with Gasteiger partial charge >= 0.3 is 5.97 Å². The Balaban J connectivity index is 2.00. The summed E-state index contributed by atoms with van der Waals surface area (Å²) in [5.41, 5.74) is 0. The van der Waals surface area contributed by atoms with E-state index in [9.17, 15) is 35.1 Å². The van der Waals surface area contributed by atoms with E-state index in [1.807, 2.05) is 6.08 Å². The minimum absolute atomic E-state index is 0.0121. The number of amides is 1. The van der Waals surface area contributed by atoms with E-state index in [-0.39, 0.29) is 18.5 Å². The van der Waals surface area contributed by atoms with Gasteiger partial charge in [-0.25, -0.2) is 0 Å². The van der Waals surface area contributed by atoms with Gasteiger partial charge in [-0.05, 0) is 103 Å². The molecule has 7 atom stereocenters. The molecule has 0 aliphatic carbocycles. The van der Waals surface area contributed by atoms with E-state index < -0.39 is 49.5 Å². The lowest BCUT2D eigenvalue weighted by molar-refractivity contribution is -0.302. The van der Waals surface area contributed by atoms with Crippen molar-refractivity contribution in [3.63, 3.8) is 0 Å². The van der Waals surface area contributed by atoms with Crippen LogP contribution < -0.4 is 5.32 Å². The number of ether oxygens (including phenoxy) is 3. The van der Waals surface area contributed by atoms with Gasteiger partial charge in [0.15, 0.2) is 6.29 Å². The van der Waals surface area contributed by atoms with Crippen molar-refractivity contribution in [2.45, 2.75) is 365 Å². The number of aliphatic hydroxyl groups is 5. The van der Waals surface area contributed by atoms with E-state index >= 15 is 0 Å². The molecule has 1 aliphatic heterocycles. The van der Waals surface area contributed by atoms with Crippen LogP contribution in [-0.4, -0.2) is 100 Å². The Morgan fingerprint density at radius 1 is 0.435 bits per heavy atom. The third-order valence-electron chi connectivity index (χ3n) is 16.5. The lowest BCUT2D eigenvalue weighted by Gasteiger charge is -2.40. The number of aliphatic hydroxyl groups excluding tert-OH is 5. The van der Waals surface area contributed by atoms with Gasteiger partial charge in [0.1, 0.15) is 24.4 Å². The monoisotopic (exact) mass is 1200 g/mol. The summed E-state index contributed by atoms with van der Waals surface area (Å²) >= 11 is 0. The number of carbonyl (C=O) groups excluding carboxylic acids is 2. The predicted molar refractivity (Wildman–Crippen MR) is 356 cm³/mol. The predicted octanol–water partition coefficient (Wildman–Crippen LogP) is 18.3. The molecule has 11 heteroatoms. The summed E-state index contributed by atoms with van der Waals surface area (Å²) in [4.78, 5) is 25.1. The first-order valence-electron chi connectivity index (χ1n) is 35.7. The highest BCUT2D eigenvalue weighted by molar-refractivity contribution is 5.76. The molecule has 7 unspecified atom stereocenters. The molecule has 0 aromatic heterocycles. The molecule has 11 nitrogen and oxygen atoms in total. The van der Waals surface area contributed by atoms with Gasteiger partial charge in [0.2, 0.25) is 5.91 Å². The van der Waals surface area contributed by atoms with Crippen LogP contribution in [0.3, 0.4) is 0 Å². The molecular weight excluding hydrogens is 1060 g/mol. The molecular formula is C74H133NO10. The van der Waals surface area contributed by atoms with Gasteiger partial charge in [-0.1, -0.05) is 279 Å². The molecule has 1 amide bonds. The van der Waals surface area contributed by atoms with Gasteiger partial charge in [-0.3, -0.25) is 9.59 Å². The molecule has 1 heterocycles. The quantitative estimate of drug-likeness (QED) is 0.0195. The summed E-state index contributed by atoms with van der Waals surface area (Å²) in [6.07, 6.45) is 74.5. The van der Waals surface area contributed by atoms with Crippen molar-refractivity contribution < 1.29 is 49.3 Å². The zero-order chi connectivity index (χ0) is 61.6. The molecule has 85 heavy (non-hydrogen) atoms. The maximum Gasteiger partial charge on any atom is 0.305 e. The standard InChI is InChI=1S/C74H133NO10/c1-3-5-7-9-11-13-15-17-36-40-44-48-52-56-60-67(77)66(65-84-74-73(82)72(81)71(80)68(64-76)85-74)75-69(78)61-57-53-49-45-41-37-34-32-30-28-26-24-22-20-19-21-23-25-27-29-31-33-35-39-43-47-51-55-59-63-83-70(79)62-58-54-50-46-42-38-18-16-14-12-10-8-6-4-2/h10,12,16,18-19,21,25,27,40,44,56,60,66-68,71-74,76-77,80-82H,3-9,11,13-15,17,20,22-24,26,28-39,41-43,45-55,57-59,61-65H2,1-2H3,(H,75,78)/b12-10-,18-16-,21-19-,27-25-,44-40+,60-56+. The van der Waals surface area contributed by atoms with Gasteiger partial charge in [0.05, 0.1) is 32.0 Å². The molecule has 1 fully saturated rings. The van der Waals surface area contributed by atoms with E-state index in [0.717, 1.165) is 77.0 Å². The number of hydrogen-bond acceptors (Lipinski definition) is 10. The van der Waals surface area contributed by atoms with Gasteiger partial charge in [-0.15, -0.1) is 0 Å². The Morgan fingerprint density at radius 2 is 0.812 bits per heavy atom. The van der Waals surface area contributed by atoms with Gasteiger partial charge in [0.25, 0.3) is 0 Å². The highest BCUT2D eigenvalue weighted by Crippen LogP contribution is 2.23. The second-order valence-corrected chi connectivity index (χ2v) is 24.6. The fourth-order valence-corrected chi connectivity index (χ4v) is 10.9. The number of unbranched alkanes of at least 4 members (excludes halogenated alkanes) is 38. The lowest BCUT2D eigenvalue weighted by Crippen LogP contribution is -2.60. The third kappa shape index (κ3) is 51.7. The van der Waals surface area contributed by atoms with Crippen LogP contribution in [-0.2, 0) is 23.8 Å². The van der Waals surface area contributed by atoms with E-state index in [2.05, 4.69) is 79.9 Å². The van der Waals surface area contributed by atoms with Crippen molar-refractivity contribution in [2.75, 3.05) is 19.8 Å². The maximum absolute atomic E-state index is 13.1. The molecule has 0 aromatic rings. The number of carbonyl (C=O) groups is 2. The zero-order valence-corrected chi connectivity index (χ0v) is 54.8. The van der Waals surface area contributed by atoms with Gasteiger partial charge in [0, 0.05) is 12.8 Å². The summed E-state index contributed by atoms with van der Waals surface area (Å²) in [6.45, 7) is 4.29. The van der Waals surface area contributed by atoms with E-state index in [1.165, 1.54) is 218 Å². The van der Waals surface area contributed by atoms with Crippen molar-refractivity contribution in [3.05, 3.63) is 72.9 Å². The molecule has 0 saturated carbocycles. The minimum Gasteiger partial charge on any atom is -0.466 e. The fourth-order valence-electron chi connectivity index (χ4n) is 10.9. The van der Waals surface area contributed by atoms with Crippen LogP contribution in [0.5, 0.6) is 0 Å². The van der Waals surface area contributed by atoms with Crippen LogP contribution in [0.4, 0.5) is 0 Å². The Morgan fingerprint density at radius 3 is 1.27 bits per heavy atom. The number of allylic oxidation sites excluding steroid dienone is 11. The van der Waals surface area contributed by atoms with Crippen LogP contribution in [0, 0.1) is 0 Å². The van der Waals surface area contributed by atoms with E-state index in [4.69, 9.17) is 14.2 Å². The van der Waals surface area contributed by atoms with Crippen LogP contribution in [0.15, 0.2) is 72.9 Å². The number of esters is 1. The van der Waals surface area contributed by atoms with Crippen LogP contribution in [0.2, 0.25) is 0 Å². The first-order chi connectivity index (χ1) is 41.7. The Kier molecular flexibility index (Phi) is 59.1. The van der Waals surface area contributed by atoms with E-state index in [0.29, 0.717) is 19.4 Å². The van der Waals surface area contributed by atoms with Crippen molar-refractivity contribution in [1.82, 2.24) is 5.32 Å². The van der Waals surface area contributed by atoms with Crippen molar-refractivity contribution in [3.8, 4) is 0 Å². The first kappa shape index (κ1) is 80.1. The second kappa shape index (κ2) is 62.7. The van der Waals surface area contributed by atoms with Crippen molar-refractivity contribution in [1.29, 1.82) is 0 Å². The average molecular weight is 1200 g/mol. The average Bonchev–Trinajstić information content (AvgIpc) is 3.41. The molecule has 0 radical (unpaired) electrons. The molecule has 1 aliphatic rings. The molecule has 1 saturated heterocycles. The topological polar surface area (TPSA) is 175 Å². The smallest absolute Gasteiger partial charge is 0.305 e. The van der Waals surface area contributed by atoms with Gasteiger partial charge in [-0.2, -0.15) is 0 Å². The molecule has 494 valence electrons. The lowest BCUT2D eigenvalue weighted by atomic mass is 9.99. The largest absolute Gasteiger partial charge is 0.466 e. The summed E-state index contributed by atoms with van der Waals surface area (Å²) in [5.74, 6) is -0.205. The molecule has 0 aromatic carbocycles. The fraction of sp³-hybridized carbons (Fsp3) is 0.811. The summed E-state index contributed by atoms with van der Waals surface area (Å²) < 4.78 is 16.7. The normalized spacial score (nSPS) is 18.4. The van der Waals surface area contributed by atoms with Crippen LogP contribution >= 0.6 is 0 Å². The zero-order valence-electron chi connectivity index (χ0n) is 54.8. The highest BCUT2D eigenvalue weighted by Gasteiger charge is 2.44. The van der Waals surface area contributed by atoms with Crippen molar-refractivity contribution in [2.24, 2.45) is 0 Å². The maximum atomic E-state index is 13.1. The SMILES string of the molecule is CCCC/C=C\C/C=C\CCCCCCCC(=O)OCCCCCCCCCCC/C=C\C/C=C\CCCCCCCCCCCCCCCC(=O)NC(COC1OC(CO)C(O)C(O)C1O)C(O)/C=C/CC/C=C/CCCCCCCCCC. The molecule has 0 bridgehead atoms. The second-order valence-electron chi connectivity index (χ2n) is 24.6. The van der Waals surface area contributed by atoms with Crippen LogP contribution in [0.1, 0.15) is 322 Å². The van der Waals surface area contributed by atoms with Crippen LogP contribution in [0.25, 0.3) is 0 Å². The molecule has 1 rings (SSSR count). The summed E-state index contributed by atoms with van der Waals surface area (Å²) in [5, 5.41) is 54.5.